The Labute approximate surface area is 138 Å². The fourth-order valence-corrected chi connectivity index (χ4v) is 2.93. The molecule has 0 amide bonds. The van der Waals surface area contributed by atoms with Crippen LogP contribution in [0.25, 0.3) is 22.1 Å². The van der Waals surface area contributed by atoms with Crippen LogP contribution in [-0.2, 0) is 11.8 Å². The maximum atomic E-state index is 12.8. The molecule has 3 rings (SSSR count). The predicted octanol–water partition coefficient (Wildman–Crippen LogP) is 3.04. The number of benzene rings is 1. The van der Waals surface area contributed by atoms with Crippen molar-refractivity contribution in [3.05, 3.63) is 45.6 Å². The molecule has 0 saturated carbocycles. The number of esters is 1. The van der Waals surface area contributed by atoms with Crippen molar-refractivity contribution in [3.8, 4) is 16.9 Å². The Bertz CT molecular complexity index is 1030. The number of hydrogen-bond donors (Lipinski definition) is 0. The average molecular weight is 326 g/mol. The number of rotatable bonds is 2. The van der Waals surface area contributed by atoms with Gasteiger partial charge in [-0.2, -0.15) is 5.10 Å². The van der Waals surface area contributed by atoms with E-state index in [4.69, 9.17) is 9.15 Å². The molecule has 124 valence electrons. The molecule has 0 unspecified atom stereocenters. The van der Waals surface area contributed by atoms with E-state index < -0.39 is 5.97 Å². The van der Waals surface area contributed by atoms with Crippen molar-refractivity contribution in [1.82, 2.24) is 9.78 Å². The Morgan fingerprint density at radius 2 is 1.92 bits per heavy atom. The Morgan fingerprint density at radius 1 is 1.21 bits per heavy atom. The second-order valence-electron chi connectivity index (χ2n) is 5.80. The Balaban J connectivity index is 2.47. The zero-order chi connectivity index (χ0) is 17.6. The van der Waals surface area contributed by atoms with Gasteiger partial charge in [-0.1, -0.05) is 18.2 Å². The van der Waals surface area contributed by atoms with Crippen LogP contribution in [0.2, 0.25) is 0 Å². The van der Waals surface area contributed by atoms with E-state index in [1.54, 1.807) is 20.9 Å². The molecule has 1 aromatic carbocycles. The first-order valence-corrected chi connectivity index (χ1v) is 7.56. The Kier molecular flexibility index (Phi) is 3.75. The third-order valence-electron chi connectivity index (χ3n) is 3.95. The molecule has 6 heteroatoms. The summed E-state index contributed by atoms with van der Waals surface area (Å²) >= 11 is 0. The number of aromatic nitrogens is 2. The SMILES string of the molecule is CC(=O)Oc1c(C)nn(C)c(=O)c1-c1c(C)oc2c(C)cccc12. The number of carbonyl (C=O) groups is 1. The first kappa shape index (κ1) is 16.0. The quantitative estimate of drug-likeness (QED) is 0.677. The van der Waals surface area contributed by atoms with E-state index in [1.165, 1.54) is 11.6 Å². The van der Waals surface area contributed by atoms with Gasteiger partial charge in [0.1, 0.15) is 17.0 Å². The lowest BCUT2D eigenvalue weighted by Gasteiger charge is -2.12. The summed E-state index contributed by atoms with van der Waals surface area (Å²) in [4.78, 5) is 24.3. The average Bonchev–Trinajstić information content (AvgIpc) is 2.83. The molecule has 0 saturated heterocycles. The van der Waals surface area contributed by atoms with E-state index in [0.29, 0.717) is 22.6 Å². The van der Waals surface area contributed by atoms with Gasteiger partial charge in [0.15, 0.2) is 5.75 Å². The second kappa shape index (κ2) is 5.63. The molecule has 2 aromatic heterocycles. The minimum atomic E-state index is -0.504. The van der Waals surface area contributed by atoms with E-state index in [-0.39, 0.29) is 11.3 Å². The van der Waals surface area contributed by atoms with E-state index in [2.05, 4.69) is 5.10 Å². The van der Waals surface area contributed by atoms with Crippen molar-refractivity contribution in [2.24, 2.45) is 7.05 Å². The number of ether oxygens (including phenoxy) is 1. The molecule has 0 aliphatic rings. The van der Waals surface area contributed by atoms with Crippen LogP contribution in [0.3, 0.4) is 0 Å². The van der Waals surface area contributed by atoms with Gasteiger partial charge in [-0.25, -0.2) is 4.68 Å². The second-order valence-corrected chi connectivity index (χ2v) is 5.80. The lowest BCUT2D eigenvalue weighted by Crippen LogP contribution is -2.24. The molecule has 24 heavy (non-hydrogen) atoms. The fraction of sp³-hybridized carbons (Fsp3) is 0.278. The number of fused-ring (bicyclic) bond motifs is 1. The molecule has 0 spiro atoms. The van der Waals surface area contributed by atoms with Gasteiger partial charge >= 0.3 is 5.97 Å². The van der Waals surface area contributed by atoms with Crippen molar-refractivity contribution >= 4 is 16.9 Å². The molecule has 0 aliphatic heterocycles. The number of hydrogen-bond acceptors (Lipinski definition) is 5. The lowest BCUT2D eigenvalue weighted by atomic mass is 10.0. The number of aryl methyl sites for hydroxylation is 4. The van der Waals surface area contributed by atoms with Crippen LogP contribution in [0.15, 0.2) is 27.4 Å². The molecule has 0 fully saturated rings. The van der Waals surface area contributed by atoms with Crippen LogP contribution in [0.1, 0.15) is 23.9 Å². The maximum absolute atomic E-state index is 12.8. The number of carbonyl (C=O) groups excluding carboxylic acids is 1. The van der Waals surface area contributed by atoms with Crippen molar-refractivity contribution in [3.63, 3.8) is 0 Å². The molecule has 0 aliphatic carbocycles. The minimum Gasteiger partial charge on any atom is -0.460 e. The molecule has 0 atom stereocenters. The standard InChI is InChI=1S/C18H18N2O4/c1-9-7-6-8-13-14(11(3)23-16(9)13)15-17(24-12(4)21)10(2)19-20(5)18(15)22/h6-8H,1-5H3. The summed E-state index contributed by atoms with van der Waals surface area (Å²) in [6.07, 6.45) is 0. The van der Waals surface area contributed by atoms with E-state index in [9.17, 15) is 9.59 Å². The largest absolute Gasteiger partial charge is 0.460 e. The summed E-state index contributed by atoms with van der Waals surface area (Å²) in [6, 6.07) is 5.74. The molecule has 0 radical (unpaired) electrons. The normalized spacial score (nSPS) is 11.0. The highest BCUT2D eigenvalue weighted by atomic mass is 16.5. The minimum absolute atomic E-state index is 0.179. The highest BCUT2D eigenvalue weighted by Gasteiger charge is 2.24. The van der Waals surface area contributed by atoms with E-state index in [1.807, 2.05) is 25.1 Å². The topological polar surface area (TPSA) is 74.3 Å². The molecule has 3 aromatic rings. The first-order chi connectivity index (χ1) is 11.3. The molecule has 0 bridgehead atoms. The van der Waals surface area contributed by atoms with Gasteiger partial charge in [0.25, 0.3) is 5.56 Å². The zero-order valence-corrected chi connectivity index (χ0v) is 14.3. The van der Waals surface area contributed by atoms with Gasteiger partial charge < -0.3 is 9.15 Å². The third-order valence-corrected chi connectivity index (χ3v) is 3.95. The maximum Gasteiger partial charge on any atom is 0.308 e. The van der Waals surface area contributed by atoms with Gasteiger partial charge in [0.2, 0.25) is 0 Å². The smallest absolute Gasteiger partial charge is 0.308 e. The molecular weight excluding hydrogens is 308 g/mol. The number of para-hydroxylation sites is 1. The van der Waals surface area contributed by atoms with Crippen LogP contribution in [0.4, 0.5) is 0 Å². The molecule has 2 heterocycles. The summed E-state index contributed by atoms with van der Waals surface area (Å²) in [7, 11) is 1.57. The van der Waals surface area contributed by atoms with Crippen LogP contribution >= 0.6 is 0 Å². The lowest BCUT2D eigenvalue weighted by molar-refractivity contribution is -0.131. The summed E-state index contributed by atoms with van der Waals surface area (Å²) in [6.45, 7) is 6.73. The van der Waals surface area contributed by atoms with Crippen molar-refractivity contribution < 1.29 is 13.9 Å². The Morgan fingerprint density at radius 3 is 2.58 bits per heavy atom. The van der Waals surface area contributed by atoms with Gasteiger partial charge in [-0.3, -0.25) is 9.59 Å². The summed E-state index contributed by atoms with van der Waals surface area (Å²) < 4.78 is 12.4. The monoisotopic (exact) mass is 326 g/mol. The van der Waals surface area contributed by atoms with Crippen molar-refractivity contribution in [2.75, 3.05) is 0 Å². The van der Waals surface area contributed by atoms with E-state index >= 15 is 0 Å². The van der Waals surface area contributed by atoms with Crippen LogP contribution in [0.5, 0.6) is 5.75 Å². The summed E-state index contributed by atoms with van der Waals surface area (Å²) in [5.41, 5.74) is 2.74. The summed E-state index contributed by atoms with van der Waals surface area (Å²) in [5.74, 6) is 0.268. The summed E-state index contributed by atoms with van der Waals surface area (Å²) in [5, 5.41) is 4.93. The predicted molar refractivity (Wildman–Crippen MR) is 90.2 cm³/mol. The van der Waals surface area contributed by atoms with Gasteiger partial charge in [0, 0.05) is 24.9 Å². The van der Waals surface area contributed by atoms with Crippen LogP contribution in [0, 0.1) is 20.8 Å². The van der Waals surface area contributed by atoms with E-state index in [0.717, 1.165) is 16.5 Å². The van der Waals surface area contributed by atoms with Gasteiger partial charge in [-0.05, 0) is 26.3 Å². The number of furan rings is 1. The van der Waals surface area contributed by atoms with Crippen molar-refractivity contribution in [1.29, 1.82) is 0 Å². The third kappa shape index (κ3) is 2.40. The van der Waals surface area contributed by atoms with Gasteiger partial charge in [-0.15, -0.1) is 0 Å². The molecule has 0 N–H and O–H groups in total. The van der Waals surface area contributed by atoms with Gasteiger partial charge in [0.05, 0.1) is 5.56 Å². The fourth-order valence-electron chi connectivity index (χ4n) is 2.93. The highest BCUT2D eigenvalue weighted by Crippen LogP contribution is 2.39. The van der Waals surface area contributed by atoms with Crippen LogP contribution in [-0.4, -0.2) is 15.7 Å². The molecular formula is C18H18N2O4. The highest BCUT2D eigenvalue weighted by molar-refractivity contribution is 5.98. The number of nitrogens with zero attached hydrogens (tertiary/aromatic N) is 2. The molecule has 6 nitrogen and oxygen atoms in total. The zero-order valence-electron chi connectivity index (χ0n) is 14.3. The Hall–Kier alpha value is -2.89. The first-order valence-electron chi connectivity index (χ1n) is 7.56. The van der Waals surface area contributed by atoms with Crippen molar-refractivity contribution in [2.45, 2.75) is 27.7 Å². The van der Waals surface area contributed by atoms with Crippen LogP contribution < -0.4 is 10.3 Å².